The molecule has 1 aliphatic carbocycles. The van der Waals surface area contributed by atoms with Gasteiger partial charge in [-0.25, -0.2) is 4.39 Å². The van der Waals surface area contributed by atoms with Gasteiger partial charge in [0.05, 0.1) is 10.1 Å². The van der Waals surface area contributed by atoms with Crippen LogP contribution in [-0.4, -0.2) is 10.7 Å². The van der Waals surface area contributed by atoms with Gasteiger partial charge in [0.25, 0.3) is 0 Å². The Morgan fingerprint density at radius 1 is 1.50 bits per heavy atom. The summed E-state index contributed by atoms with van der Waals surface area (Å²) in [6.45, 7) is 1.84. The Kier molecular flexibility index (Phi) is 3.36. The molecule has 0 saturated heterocycles. The number of hydrogen-bond acceptors (Lipinski definition) is 1. The maximum atomic E-state index is 13.3. The van der Waals surface area contributed by atoms with Gasteiger partial charge in [0, 0.05) is 6.42 Å². The van der Waals surface area contributed by atoms with E-state index in [0.717, 1.165) is 12.0 Å². The highest BCUT2D eigenvalue weighted by Crippen LogP contribution is 2.38. The Balaban J connectivity index is 2.09. The first-order valence-electron chi connectivity index (χ1n) is 5.63. The normalized spacial score (nSPS) is 19.5. The minimum atomic E-state index is -0.725. The molecule has 1 N–H and O–H groups in total. The molecular formula is C13H16BrFO. The predicted octanol–water partition coefficient (Wildman–Crippen LogP) is 3.68. The van der Waals surface area contributed by atoms with Gasteiger partial charge < -0.3 is 5.11 Å². The van der Waals surface area contributed by atoms with Crippen LogP contribution in [-0.2, 0) is 6.42 Å². The van der Waals surface area contributed by atoms with E-state index in [1.807, 2.05) is 13.0 Å². The van der Waals surface area contributed by atoms with Gasteiger partial charge in [-0.1, -0.05) is 25.0 Å². The lowest BCUT2D eigenvalue weighted by molar-refractivity contribution is 0.0453. The minimum Gasteiger partial charge on any atom is -0.390 e. The topological polar surface area (TPSA) is 20.2 Å². The van der Waals surface area contributed by atoms with Crippen molar-refractivity contribution in [3.05, 3.63) is 34.1 Å². The Bertz CT molecular complexity index is 386. The molecule has 1 fully saturated rings. The first-order chi connectivity index (χ1) is 7.48. The van der Waals surface area contributed by atoms with Crippen LogP contribution >= 0.6 is 15.9 Å². The molecule has 1 aromatic rings. The van der Waals surface area contributed by atoms with Crippen molar-refractivity contribution in [3.63, 3.8) is 0 Å². The van der Waals surface area contributed by atoms with Crippen LogP contribution in [0.3, 0.4) is 0 Å². The molecule has 0 aliphatic heterocycles. The predicted molar refractivity (Wildman–Crippen MR) is 65.8 cm³/mol. The van der Waals surface area contributed by atoms with Gasteiger partial charge in [-0.15, -0.1) is 0 Å². The van der Waals surface area contributed by atoms with Crippen molar-refractivity contribution in [1.82, 2.24) is 0 Å². The standard InChI is InChI=1S/C13H16BrFO/c1-13(16,7-9-5-6-9)8-10-3-2-4-11(15)12(10)14/h2-4,9,16H,5-8H2,1H3. The first kappa shape index (κ1) is 12.1. The van der Waals surface area contributed by atoms with Crippen LogP contribution in [0.2, 0.25) is 0 Å². The van der Waals surface area contributed by atoms with Gasteiger partial charge in [-0.3, -0.25) is 0 Å². The van der Waals surface area contributed by atoms with E-state index >= 15 is 0 Å². The monoisotopic (exact) mass is 286 g/mol. The zero-order valence-corrected chi connectivity index (χ0v) is 10.9. The zero-order valence-electron chi connectivity index (χ0n) is 9.34. The van der Waals surface area contributed by atoms with Crippen LogP contribution in [0.15, 0.2) is 22.7 Å². The largest absolute Gasteiger partial charge is 0.390 e. The van der Waals surface area contributed by atoms with Crippen LogP contribution in [0.1, 0.15) is 31.7 Å². The molecule has 0 amide bonds. The highest BCUT2D eigenvalue weighted by Gasteiger charge is 2.32. The van der Waals surface area contributed by atoms with Gasteiger partial charge in [-0.2, -0.15) is 0 Å². The molecule has 2 rings (SSSR count). The van der Waals surface area contributed by atoms with E-state index in [-0.39, 0.29) is 5.82 Å². The molecule has 0 bridgehead atoms. The third-order valence-electron chi connectivity index (χ3n) is 3.03. The minimum absolute atomic E-state index is 0.264. The third-order valence-corrected chi connectivity index (χ3v) is 3.92. The summed E-state index contributed by atoms with van der Waals surface area (Å²) in [7, 11) is 0. The van der Waals surface area contributed by atoms with E-state index in [1.54, 1.807) is 6.07 Å². The van der Waals surface area contributed by atoms with Crippen molar-refractivity contribution in [2.24, 2.45) is 5.92 Å². The van der Waals surface area contributed by atoms with Crippen molar-refractivity contribution < 1.29 is 9.50 Å². The van der Waals surface area contributed by atoms with Crippen LogP contribution < -0.4 is 0 Å². The molecule has 0 spiro atoms. The van der Waals surface area contributed by atoms with Crippen LogP contribution in [0.4, 0.5) is 4.39 Å². The van der Waals surface area contributed by atoms with Crippen LogP contribution in [0.5, 0.6) is 0 Å². The lowest BCUT2D eigenvalue weighted by Crippen LogP contribution is -2.28. The molecule has 1 nitrogen and oxygen atoms in total. The van der Waals surface area contributed by atoms with E-state index in [2.05, 4.69) is 15.9 Å². The molecule has 3 heteroatoms. The fourth-order valence-corrected chi connectivity index (χ4v) is 2.52. The highest BCUT2D eigenvalue weighted by atomic mass is 79.9. The number of halogens is 2. The Morgan fingerprint density at radius 2 is 2.19 bits per heavy atom. The van der Waals surface area contributed by atoms with Gasteiger partial charge in [0.2, 0.25) is 0 Å². The van der Waals surface area contributed by atoms with E-state index in [1.165, 1.54) is 18.9 Å². The molecule has 1 atom stereocenters. The molecule has 1 unspecified atom stereocenters. The first-order valence-corrected chi connectivity index (χ1v) is 6.42. The summed E-state index contributed by atoms with van der Waals surface area (Å²) < 4.78 is 13.8. The Morgan fingerprint density at radius 3 is 2.81 bits per heavy atom. The molecule has 0 aromatic heterocycles. The number of aliphatic hydroxyl groups is 1. The van der Waals surface area contributed by atoms with Crippen molar-refractivity contribution in [2.45, 2.75) is 38.2 Å². The summed E-state index contributed by atoms with van der Waals surface area (Å²) >= 11 is 3.23. The molecular weight excluding hydrogens is 271 g/mol. The second-order valence-corrected chi connectivity index (χ2v) is 5.83. The summed E-state index contributed by atoms with van der Waals surface area (Å²) in [4.78, 5) is 0. The lowest BCUT2D eigenvalue weighted by Gasteiger charge is -2.24. The molecule has 1 aliphatic rings. The maximum absolute atomic E-state index is 13.3. The molecule has 0 heterocycles. The molecule has 88 valence electrons. The third kappa shape index (κ3) is 3.05. The second kappa shape index (κ2) is 4.46. The van der Waals surface area contributed by atoms with Crippen molar-refractivity contribution in [1.29, 1.82) is 0 Å². The van der Waals surface area contributed by atoms with Crippen molar-refractivity contribution in [2.75, 3.05) is 0 Å². The molecule has 1 aromatic carbocycles. The van der Waals surface area contributed by atoms with E-state index in [0.29, 0.717) is 16.8 Å². The molecule has 1 saturated carbocycles. The van der Waals surface area contributed by atoms with E-state index in [4.69, 9.17) is 0 Å². The summed E-state index contributed by atoms with van der Waals surface area (Å²) in [5.74, 6) is 0.405. The highest BCUT2D eigenvalue weighted by molar-refractivity contribution is 9.10. The maximum Gasteiger partial charge on any atom is 0.137 e. The fraction of sp³-hybridized carbons (Fsp3) is 0.538. The van der Waals surface area contributed by atoms with E-state index < -0.39 is 5.60 Å². The van der Waals surface area contributed by atoms with Gasteiger partial charge in [0.15, 0.2) is 0 Å². The smallest absolute Gasteiger partial charge is 0.137 e. The summed E-state index contributed by atoms with van der Waals surface area (Å²) in [5.41, 5.74) is 0.114. The van der Waals surface area contributed by atoms with Gasteiger partial charge >= 0.3 is 0 Å². The van der Waals surface area contributed by atoms with Crippen molar-refractivity contribution >= 4 is 15.9 Å². The van der Waals surface area contributed by atoms with Gasteiger partial charge in [-0.05, 0) is 46.8 Å². The summed E-state index contributed by atoms with van der Waals surface area (Å²) in [5, 5.41) is 10.3. The van der Waals surface area contributed by atoms with E-state index in [9.17, 15) is 9.50 Å². The molecule has 16 heavy (non-hydrogen) atoms. The lowest BCUT2D eigenvalue weighted by atomic mass is 9.91. The average molecular weight is 287 g/mol. The second-order valence-electron chi connectivity index (χ2n) is 5.03. The van der Waals surface area contributed by atoms with Crippen LogP contribution in [0, 0.1) is 11.7 Å². The van der Waals surface area contributed by atoms with Crippen molar-refractivity contribution in [3.8, 4) is 0 Å². The average Bonchev–Trinajstić information content (AvgIpc) is 2.95. The van der Waals surface area contributed by atoms with Crippen LogP contribution in [0.25, 0.3) is 0 Å². The number of hydrogen-bond donors (Lipinski definition) is 1. The fourth-order valence-electron chi connectivity index (χ4n) is 2.11. The summed E-state index contributed by atoms with van der Waals surface area (Å²) in [6, 6.07) is 4.96. The van der Waals surface area contributed by atoms with Gasteiger partial charge in [0.1, 0.15) is 5.82 Å². The number of rotatable bonds is 4. The zero-order chi connectivity index (χ0) is 11.8. The summed E-state index contributed by atoms with van der Waals surface area (Å²) in [6.07, 6.45) is 3.76. The molecule has 0 radical (unpaired) electrons. The Hall–Kier alpha value is -0.410. The number of benzene rings is 1. The Labute approximate surface area is 104 Å². The SMILES string of the molecule is CC(O)(Cc1cccc(F)c1Br)CC1CC1. The quantitative estimate of drug-likeness (QED) is 0.895.